The van der Waals surface area contributed by atoms with Crippen LogP contribution in [0.2, 0.25) is 10.0 Å². The molecule has 104 valence electrons. The Bertz CT molecular complexity index is 466. The minimum Gasteiger partial charge on any atom is -0.388 e. The van der Waals surface area contributed by atoms with Crippen LogP contribution in [0.3, 0.4) is 0 Å². The molecule has 2 N–H and O–H groups in total. The van der Waals surface area contributed by atoms with Crippen molar-refractivity contribution in [3.63, 3.8) is 0 Å². The first-order valence-electron chi connectivity index (χ1n) is 6.33. The van der Waals surface area contributed by atoms with Crippen LogP contribution in [0.1, 0.15) is 44.3 Å². The normalized spacial score (nSPS) is 18.5. The molecule has 1 aromatic rings. The van der Waals surface area contributed by atoms with E-state index in [0.717, 1.165) is 19.3 Å². The smallest absolute Gasteiger partial charge is 0.223 e. The Balaban J connectivity index is 1.96. The fourth-order valence-electron chi connectivity index (χ4n) is 2.28. The molecule has 0 heterocycles. The lowest BCUT2D eigenvalue weighted by Gasteiger charge is -2.39. The first kappa shape index (κ1) is 14.6. The first-order valence-corrected chi connectivity index (χ1v) is 7.09. The summed E-state index contributed by atoms with van der Waals surface area (Å²) in [5.74, 6) is -0.147. The van der Waals surface area contributed by atoms with Crippen LogP contribution in [-0.2, 0) is 4.79 Å². The summed E-state index contributed by atoms with van der Waals surface area (Å²) < 4.78 is 0. The van der Waals surface area contributed by atoms with Gasteiger partial charge in [0.2, 0.25) is 5.91 Å². The largest absolute Gasteiger partial charge is 0.388 e. The predicted octanol–water partition coefficient (Wildman–Crippen LogP) is 3.48. The van der Waals surface area contributed by atoms with Crippen LogP contribution < -0.4 is 5.32 Å². The lowest BCUT2D eigenvalue weighted by atomic mass is 9.78. The highest BCUT2D eigenvalue weighted by Gasteiger charge is 2.33. The number of amides is 1. The van der Waals surface area contributed by atoms with Crippen LogP contribution in [0, 0.1) is 0 Å². The molecule has 1 unspecified atom stereocenters. The monoisotopic (exact) mass is 301 g/mol. The number of carbonyl (C=O) groups is 1. The number of rotatable bonds is 4. The van der Waals surface area contributed by atoms with Crippen molar-refractivity contribution in [2.45, 2.75) is 44.2 Å². The highest BCUT2D eigenvalue weighted by atomic mass is 35.5. The molecular formula is C14H17Cl2NO2. The molecule has 1 aliphatic carbocycles. The molecule has 1 aromatic carbocycles. The fraction of sp³-hybridized carbons (Fsp3) is 0.500. The number of hydrogen-bond donors (Lipinski definition) is 2. The summed E-state index contributed by atoms with van der Waals surface area (Å²) in [6, 6.07) is 4.84. The van der Waals surface area contributed by atoms with Crippen LogP contribution in [-0.4, -0.2) is 16.6 Å². The minimum absolute atomic E-state index is 0.0201. The highest BCUT2D eigenvalue weighted by molar-refractivity contribution is 6.34. The van der Waals surface area contributed by atoms with Gasteiger partial charge in [-0.1, -0.05) is 23.2 Å². The Morgan fingerprint density at radius 3 is 2.42 bits per heavy atom. The van der Waals surface area contributed by atoms with Crippen LogP contribution in [0.25, 0.3) is 0 Å². The summed E-state index contributed by atoms with van der Waals surface area (Å²) in [6.07, 6.45) is 2.27. The Morgan fingerprint density at radius 1 is 1.37 bits per heavy atom. The topological polar surface area (TPSA) is 49.3 Å². The third kappa shape index (κ3) is 3.85. The Labute approximate surface area is 122 Å². The second kappa shape index (κ2) is 5.70. The molecule has 19 heavy (non-hydrogen) atoms. The van der Waals surface area contributed by atoms with Gasteiger partial charge in [0.05, 0.1) is 12.5 Å². The quantitative estimate of drug-likeness (QED) is 0.894. The van der Waals surface area contributed by atoms with E-state index in [1.807, 2.05) is 6.92 Å². The Hall–Kier alpha value is -0.770. The average molecular weight is 302 g/mol. The molecule has 2 rings (SSSR count). The third-order valence-corrected chi connectivity index (χ3v) is 3.98. The number of hydrogen-bond acceptors (Lipinski definition) is 2. The van der Waals surface area contributed by atoms with Crippen molar-refractivity contribution in [1.29, 1.82) is 0 Å². The molecule has 0 spiro atoms. The lowest BCUT2D eigenvalue weighted by Crippen LogP contribution is -2.51. The standard InChI is InChI=1S/C14H17Cl2NO2/c1-14(3-2-4-14)17-13(19)8-12(18)9-5-10(15)7-11(16)6-9/h5-7,12,18H,2-4,8H2,1H3,(H,17,19). The van der Waals surface area contributed by atoms with Gasteiger partial charge in [-0.25, -0.2) is 0 Å². The molecule has 1 aliphatic rings. The fourth-order valence-corrected chi connectivity index (χ4v) is 2.82. The second-order valence-corrected chi connectivity index (χ2v) is 6.26. The van der Waals surface area contributed by atoms with Gasteiger partial charge in [-0.05, 0) is 49.9 Å². The molecule has 0 radical (unpaired) electrons. The molecule has 0 aliphatic heterocycles. The zero-order valence-electron chi connectivity index (χ0n) is 10.7. The maximum Gasteiger partial charge on any atom is 0.223 e. The van der Waals surface area contributed by atoms with Crippen molar-refractivity contribution >= 4 is 29.1 Å². The van der Waals surface area contributed by atoms with Gasteiger partial charge < -0.3 is 10.4 Å². The van der Waals surface area contributed by atoms with Gasteiger partial charge in [0, 0.05) is 15.6 Å². The minimum atomic E-state index is -0.889. The van der Waals surface area contributed by atoms with Crippen molar-refractivity contribution in [1.82, 2.24) is 5.32 Å². The van der Waals surface area contributed by atoms with Gasteiger partial charge in [0.15, 0.2) is 0 Å². The van der Waals surface area contributed by atoms with E-state index in [1.54, 1.807) is 18.2 Å². The van der Waals surface area contributed by atoms with E-state index in [2.05, 4.69) is 5.32 Å². The van der Waals surface area contributed by atoms with Gasteiger partial charge in [-0.15, -0.1) is 0 Å². The van der Waals surface area contributed by atoms with Gasteiger partial charge in [0.25, 0.3) is 0 Å². The Kier molecular flexibility index (Phi) is 4.39. The van der Waals surface area contributed by atoms with Crippen molar-refractivity contribution in [2.24, 2.45) is 0 Å². The summed E-state index contributed by atoms with van der Waals surface area (Å²) in [5.41, 5.74) is 0.467. The molecule has 0 aromatic heterocycles. The van der Waals surface area contributed by atoms with Crippen molar-refractivity contribution < 1.29 is 9.90 Å². The maximum absolute atomic E-state index is 11.9. The van der Waals surface area contributed by atoms with Gasteiger partial charge >= 0.3 is 0 Å². The molecule has 1 amide bonds. The van der Waals surface area contributed by atoms with E-state index in [-0.39, 0.29) is 17.9 Å². The molecule has 0 saturated heterocycles. The molecule has 1 saturated carbocycles. The lowest BCUT2D eigenvalue weighted by molar-refractivity contribution is -0.125. The number of benzene rings is 1. The van der Waals surface area contributed by atoms with Crippen LogP contribution in [0.4, 0.5) is 0 Å². The highest BCUT2D eigenvalue weighted by Crippen LogP contribution is 2.31. The van der Waals surface area contributed by atoms with E-state index in [0.29, 0.717) is 15.6 Å². The van der Waals surface area contributed by atoms with E-state index in [9.17, 15) is 9.90 Å². The maximum atomic E-state index is 11.9. The second-order valence-electron chi connectivity index (χ2n) is 5.39. The molecule has 1 fully saturated rings. The van der Waals surface area contributed by atoms with Gasteiger partial charge in [0.1, 0.15) is 0 Å². The van der Waals surface area contributed by atoms with E-state index >= 15 is 0 Å². The van der Waals surface area contributed by atoms with E-state index in [1.165, 1.54) is 0 Å². The molecule has 3 nitrogen and oxygen atoms in total. The molecule has 0 bridgehead atoms. The third-order valence-electron chi connectivity index (χ3n) is 3.55. The first-order chi connectivity index (χ1) is 8.88. The zero-order valence-corrected chi connectivity index (χ0v) is 12.3. The summed E-state index contributed by atoms with van der Waals surface area (Å²) in [6.45, 7) is 2.02. The van der Waals surface area contributed by atoms with Crippen LogP contribution in [0.5, 0.6) is 0 Å². The number of aliphatic hydroxyl groups excluding tert-OH is 1. The molecule has 5 heteroatoms. The molecule has 1 atom stereocenters. The number of aliphatic hydroxyl groups is 1. The number of carbonyl (C=O) groups excluding carboxylic acids is 1. The number of nitrogens with one attached hydrogen (secondary N) is 1. The van der Waals surface area contributed by atoms with Crippen LogP contribution in [0.15, 0.2) is 18.2 Å². The molecular weight excluding hydrogens is 285 g/mol. The Morgan fingerprint density at radius 2 is 1.95 bits per heavy atom. The van der Waals surface area contributed by atoms with E-state index in [4.69, 9.17) is 23.2 Å². The summed E-state index contributed by atoms with van der Waals surface area (Å²) in [4.78, 5) is 11.9. The van der Waals surface area contributed by atoms with Gasteiger partial charge in [-0.3, -0.25) is 4.79 Å². The summed E-state index contributed by atoms with van der Waals surface area (Å²) >= 11 is 11.7. The van der Waals surface area contributed by atoms with Gasteiger partial charge in [-0.2, -0.15) is 0 Å². The zero-order chi connectivity index (χ0) is 14.0. The van der Waals surface area contributed by atoms with Crippen molar-refractivity contribution in [3.8, 4) is 0 Å². The summed E-state index contributed by atoms with van der Waals surface area (Å²) in [5, 5.41) is 13.9. The number of halogens is 2. The SMILES string of the molecule is CC1(NC(=O)CC(O)c2cc(Cl)cc(Cl)c2)CCC1. The van der Waals surface area contributed by atoms with Crippen molar-refractivity contribution in [3.05, 3.63) is 33.8 Å². The predicted molar refractivity (Wildman–Crippen MR) is 76.4 cm³/mol. The van der Waals surface area contributed by atoms with Crippen molar-refractivity contribution in [2.75, 3.05) is 0 Å². The average Bonchev–Trinajstić information content (AvgIpc) is 2.25. The summed E-state index contributed by atoms with van der Waals surface area (Å²) in [7, 11) is 0. The van der Waals surface area contributed by atoms with E-state index < -0.39 is 6.10 Å². The van der Waals surface area contributed by atoms with Crippen LogP contribution >= 0.6 is 23.2 Å².